The van der Waals surface area contributed by atoms with Crippen molar-refractivity contribution in [1.82, 2.24) is 0 Å². The number of methoxy groups -OCH3 is 1. The maximum Gasteiger partial charge on any atom is 0.339 e. The molecular formula is C9H9NO7S. The summed E-state index contributed by atoms with van der Waals surface area (Å²) in [6.07, 6.45) is 0.757. The Morgan fingerprint density at radius 3 is 2.33 bits per heavy atom. The number of aromatic carboxylic acids is 1. The molecule has 0 aliphatic carbocycles. The van der Waals surface area contributed by atoms with Crippen LogP contribution in [0.4, 0.5) is 5.69 Å². The van der Waals surface area contributed by atoms with E-state index >= 15 is 0 Å². The van der Waals surface area contributed by atoms with Gasteiger partial charge in [-0.05, 0) is 6.07 Å². The van der Waals surface area contributed by atoms with Crippen LogP contribution in [-0.4, -0.2) is 37.8 Å². The molecule has 0 unspecified atom stereocenters. The zero-order chi connectivity index (χ0) is 14.1. The molecule has 8 nitrogen and oxygen atoms in total. The first-order chi connectivity index (χ1) is 8.18. The lowest BCUT2D eigenvalue weighted by atomic mass is 10.2. The summed E-state index contributed by atoms with van der Waals surface area (Å²) in [5.74, 6) is -1.71. The van der Waals surface area contributed by atoms with Crippen molar-refractivity contribution >= 4 is 21.5 Å². The average Bonchev–Trinajstić information content (AvgIpc) is 2.25. The largest absolute Gasteiger partial charge is 0.496 e. The van der Waals surface area contributed by atoms with Gasteiger partial charge in [-0.1, -0.05) is 0 Å². The van der Waals surface area contributed by atoms with Gasteiger partial charge in [0.15, 0.2) is 9.84 Å². The first kappa shape index (κ1) is 13.9. The standard InChI is InChI=1S/C9H9NO7S/c1-17-7-4-6(10(13)14)8(18(2,15)16)3-5(7)9(11)12/h3-4H,1-2H3,(H,11,12). The molecular weight excluding hydrogens is 266 g/mol. The third-order valence-electron chi connectivity index (χ3n) is 2.11. The Morgan fingerprint density at radius 1 is 1.44 bits per heavy atom. The zero-order valence-corrected chi connectivity index (χ0v) is 10.2. The summed E-state index contributed by atoms with van der Waals surface area (Å²) in [5, 5.41) is 19.6. The van der Waals surface area contributed by atoms with Crippen LogP contribution in [-0.2, 0) is 9.84 Å². The molecule has 0 heterocycles. The van der Waals surface area contributed by atoms with Crippen molar-refractivity contribution in [3.05, 3.63) is 27.8 Å². The van der Waals surface area contributed by atoms with E-state index in [1.165, 1.54) is 0 Å². The van der Waals surface area contributed by atoms with E-state index in [1.54, 1.807) is 0 Å². The summed E-state index contributed by atoms with van der Waals surface area (Å²) in [4.78, 5) is 20.1. The third-order valence-corrected chi connectivity index (χ3v) is 3.23. The van der Waals surface area contributed by atoms with Crippen LogP contribution in [0.1, 0.15) is 10.4 Å². The first-order valence-corrected chi connectivity index (χ1v) is 6.37. The Hall–Kier alpha value is -2.16. The van der Waals surface area contributed by atoms with E-state index in [4.69, 9.17) is 5.11 Å². The molecule has 0 bridgehead atoms. The van der Waals surface area contributed by atoms with Gasteiger partial charge in [-0.2, -0.15) is 0 Å². The van der Waals surface area contributed by atoms with E-state index in [-0.39, 0.29) is 5.75 Å². The summed E-state index contributed by atoms with van der Waals surface area (Å²) in [6.45, 7) is 0. The number of carbonyl (C=O) groups is 1. The van der Waals surface area contributed by atoms with E-state index in [9.17, 15) is 23.3 Å². The second kappa shape index (κ2) is 4.61. The molecule has 0 spiro atoms. The topological polar surface area (TPSA) is 124 Å². The van der Waals surface area contributed by atoms with Crippen molar-refractivity contribution in [2.45, 2.75) is 4.90 Å². The fraction of sp³-hybridized carbons (Fsp3) is 0.222. The number of nitrogens with zero attached hydrogens (tertiary/aromatic N) is 1. The number of nitro benzene ring substituents is 1. The molecule has 18 heavy (non-hydrogen) atoms. The van der Waals surface area contributed by atoms with Gasteiger partial charge >= 0.3 is 5.97 Å². The third kappa shape index (κ3) is 2.56. The van der Waals surface area contributed by atoms with Crippen molar-refractivity contribution in [2.75, 3.05) is 13.4 Å². The molecule has 9 heteroatoms. The Labute approximate surface area is 102 Å². The smallest absolute Gasteiger partial charge is 0.339 e. The number of carboxylic acids is 1. The van der Waals surface area contributed by atoms with Crippen LogP contribution < -0.4 is 4.74 Å². The lowest BCUT2D eigenvalue weighted by Crippen LogP contribution is -2.08. The average molecular weight is 275 g/mol. The van der Waals surface area contributed by atoms with Crippen LogP contribution in [0.25, 0.3) is 0 Å². The molecule has 0 atom stereocenters. The van der Waals surface area contributed by atoms with Gasteiger partial charge in [-0.25, -0.2) is 13.2 Å². The quantitative estimate of drug-likeness (QED) is 0.633. The number of nitro groups is 1. The molecule has 0 aliphatic rings. The van der Waals surface area contributed by atoms with Gasteiger partial charge in [-0.3, -0.25) is 10.1 Å². The summed E-state index contributed by atoms with van der Waals surface area (Å²) < 4.78 is 27.5. The Bertz CT molecular complexity index is 620. The van der Waals surface area contributed by atoms with E-state index < -0.39 is 36.9 Å². The number of rotatable bonds is 4. The van der Waals surface area contributed by atoms with Gasteiger partial charge < -0.3 is 9.84 Å². The fourth-order valence-corrected chi connectivity index (χ4v) is 2.17. The molecule has 1 aromatic rings. The highest BCUT2D eigenvalue weighted by Crippen LogP contribution is 2.31. The maximum absolute atomic E-state index is 11.4. The Morgan fingerprint density at radius 2 is 2.00 bits per heavy atom. The molecule has 1 rings (SSSR count). The van der Waals surface area contributed by atoms with Crippen molar-refractivity contribution in [3.8, 4) is 5.75 Å². The molecule has 0 radical (unpaired) electrons. The van der Waals surface area contributed by atoms with Gasteiger partial charge in [0.1, 0.15) is 16.2 Å². The second-order valence-corrected chi connectivity index (χ2v) is 5.34. The minimum Gasteiger partial charge on any atom is -0.496 e. The molecule has 0 saturated carbocycles. The Kier molecular flexibility index (Phi) is 3.56. The van der Waals surface area contributed by atoms with Crippen LogP contribution >= 0.6 is 0 Å². The predicted molar refractivity (Wildman–Crippen MR) is 59.7 cm³/mol. The molecule has 0 aromatic heterocycles. The number of ether oxygens (including phenoxy) is 1. The highest BCUT2D eigenvalue weighted by molar-refractivity contribution is 7.90. The van der Waals surface area contributed by atoms with Gasteiger partial charge in [0.2, 0.25) is 0 Å². The molecule has 1 N–H and O–H groups in total. The van der Waals surface area contributed by atoms with Gasteiger partial charge in [-0.15, -0.1) is 0 Å². The molecule has 98 valence electrons. The molecule has 0 fully saturated rings. The van der Waals surface area contributed by atoms with E-state index in [1.807, 2.05) is 0 Å². The predicted octanol–water partition coefficient (Wildman–Crippen LogP) is 0.705. The van der Waals surface area contributed by atoms with Crippen LogP contribution in [0.3, 0.4) is 0 Å². The van der Waals surface area contributed by atoms with E-state index in [2.05, 4.69) is 4.74 Å². The van der Waals surface area contributed by atoms with Gasteiger partial charge in [0.25, 0.3) is 5.69 Å². The maximum atomic E-state index is 11.4. The van der Waals surface area contributed by atoms with Crippen LogP contribution in [0.5, 0.6) is 5.75 Å². The lowest BCUT2D eigenvalue weighted by molar-refractivity contribution is -0.387. The van der Waals surface area contributed by atoms with E-state index in [0.717, 1.165) is 19.4 Å². The fourth-order valence-electron chi connectivity index (χ4n) is 1.32. The Balaban J connectivity index is 3.74. The van der Waals surface area contributed by atoms with Crippen LogP contribution in [0.2, 0.25) is 0 Å². The minimum atomic E-state index is -3.92. The van der Waals surface area contributed by atoms with Gasteiger partial charge in [0, 0.05) is 6.26 Å². The summed E-state index contributed by atoms with van der Waals surface area (Å²) in [7, 11) is -2.79. The monoisotopic (exact) mass is 275 g/mol. The van der Waals surface area contributed by atoms with E-state index in [0.29, 0.717) is 6.07 Å². The molecule has 0 amide bonds. The number of hydrogen-bond acceptors (Lipinski definition) is 6. The van der Waals surface area contributed by atoms with Crippen LogP contribution in [0.15, 0.2) is 17.0 Å². The van der Waals surface area contributed by atoms with Crippen molar-refractivity contribution in [1.29, 1.82) is 0 Å². The van der Waals surface area contributed by atoms with Crippen molar-refractivity contribution in [3.63, 3.8) is 0 Å². The summed E-state index contributed by atoms with van der Waals surface area (Å²) in [5.41, 5.74) is -1.18. The minimum absolute atomic E-state index is 0.276. The number of sulfone groups is 1. The van der Waals surface area contributed by atoms with Crippen molar-refractivity contribution < 1.29 is 28.0 Å². The number of hydrogen-bond donors (Lipinski definition) is 1. The number of benzene rings is 1. The van der Waals surface area contributed by atoms with Crippen LogP contribution in [0, 0.1) is 10.1 Å². The number of carboxylic acid groups (broad SMARTS) is 1. The second-order valence-electron chi connectivity index (χ2n) is 3.35. The first-order valence-electron chi connectivity index (χ1n) is 4.48. The zero-order valence-electron chi connectivity index (χ0n) is 9.41. The molecule has 0 saturated heterocycles. The lowest BCUT2D eigenvalue weighted by Gasteiger charge is -2.07. The van der Waals surface area contributed by atoms with Crippen molar-refractivity contribution in [2.24, 2.45) is 0 Å². The molecule has 0 aliphatic heterocycles. The SMILES string of the molecule is COc1cc([N+](=O)[O-])c(S(C)(=O)=O)cc1C(=O)O. The summed E-state index contributed by atoms with van der Waals surface area (Å²) in [6, 6.07) is 1.49. The summed E-state index contributed by atoms with van der Waals surface area (Å²) >= 11 is 0. The molecule has 1 aromatic carbocycles. The van der Waals surface area contributed by atoms with Gasteiger partial charge in [0.05, 0.1) is 18.1 Å². The highest BCUT2D eigenvalue weighted by atomic mass is 32.2. The highest BCUT2D eigenvalue weighted by Gasteiger charge is 2.27. The normalized spacial score (nSPS) is 11.0.